The lowest BCUT2D eigenvalue weighted by Gasteiger charge is -2.38. The molecular formula is C23H25N7O2. The molecule has 1 fully saturated rings. The zero-order chi connectivity index (χ0) is 22.1. The fourth-order valence-corrected chi connectivity index (χ4v) is 4.64. The molecule has 32 heavy (non-hydrogen) atoms. The summed E-state index contributed by atoms with van der Waals surface area (Å²) in [7, 11) is 1.62. The van der Waals surface area contributed by atoms with Crippen LogP contribution in [0.1, 0.15) is 42.2 Å². The van der Waals surface area contributed by atoms with Crippen LogP contribution in [0.3, 0.4) is 0 Å². The van der Waals surface area contributed by atoms with Crippen molar-refractivity contribution < 1.29 is 9.57 Å². The van der Waals surface area contributed by atoms with Gasteiger partial charge in [0.15, 0.2) is 0 Å². The Morgan fingerprint density at radius 1 is 1.28 bits per heavy atom. The van der Waals surface area contributed by atoms with Gasteiger partial charge >= 0.3 is 0 Å². The van der Waals surface area contributed by atoms with Crippen molar-refractivity contribution in [1.29, 1.82) is 5.26 Å². The Bertz CT molecular complexity index is 1090. The van der Waals surface area contributed by atoms with Gasteiger partial charge in [0.25, 0.3) is 0 Å². The Morgan fingerprint density at radius 2 is 2.19 bits per heavy atom. The van der Waals surface area contributed by atoms with E-state index in [4.69, 9.17) is 9.57 Å². The summed E-state index contributed by atoms with van der Waals surface area (Å²) in [5, 5.41) is 21.2. The van der Waals surface area contributed by atoms with Gasteiger partial charge in [0.1, 0.15) is 12.3 Å². The van der Waals surface area contributed by atoms with E-state index in [1.807, 2.05) is 53.9 Å². The number of pyridine rings is 1. The zero-order valence-corrected chi connectivity index (χ0v) is 18.0. The second kappa shape index (κ2) is 8.24. The van der Waals surface area contributed by atoms with E-state index in [0.717, 1.165) is 17.5 Å². The van der Waals surface area contributed by atoms with Gasteiger partial charge in [-0.15, -0.1) is 0 Å². The van der Waals surface area contributed by atoms with Crippen molar-refractivity contribution in [2.45, 2.75) is 37.2 Å². The largest absolute Gasteiger partial charge is 0.481 e. The minimum absolute atomic E-state index is 0.0171. The Kier molecular flexibility index (Phi) is 5.27. The fourth-order valence-electron chi connectivity index (χ4n) is 4.64. The summed E-state index contributed by atoms with van der Waals surface area (Å²) >= 11 is 0. The van der Waals surface area contributed by atoms with Crippen molar-refractivity contribution >= 4 is 6.21 Å². The second-order valence-electron chi connectivity index (χ2n) is 8.30. The smallest absolute Gasteiger partial charge is 0.213 e. The van der Waals surface area contributed by atoms with Crippen molar-refractivity contribution in [3.63, 3.8) is 0 Å². The van der Waals surface area contributed by atoms with Crippen molar-refractivity contribution in [3.05, 3.63) is 71.6 Å². The molecule has 0 saturated carbocycles. The number of hydrazone groups is 1. The minimum atomic E-state index is -0.288. The van der Waals surface area contributed by atoms with E-state index in [-0.39, 0.29) is 23.9 Å². The summed E-state index contributed by atoms with van der Waals surface area (Å²) in [5.41, 5.74) is 5.50. The molecule has 9 heteroatoms. The lowest BCUT2D eigenvalue weighted by Crippen LogP contribution is -2.53. The molecule has 0 radical (unpaired) electrons. The average Bonchev–Trinajstić information content (AvgIpc) is 3.59. The Hall–Kier alpha value is -3.45. The Labute approximate surface area is 186 Å². The standard InChI is InChI=1S/C23H25N7O2/c1-23(30-11-9-26-28-30)14-20(27-22(23)18-6-8-25-21(13-18)31-2)29-10-7-19(32-29)17-5-3-4-16(12-17)15-24/h3-10,12-13,19-20,22,27-28H,11,14H2,1-2H3/t19?,20?,22?,23-/m1/s1. The summed E-state index contributed by atoms with van der Waals surface area (Å²) in [5.74, 6) is 0.579. The molecule has 3 unspecified atom stereocenters. The molecule has 4 atom stereocenters. The van der Waals surface area contributed by atoms with Crippen LogP contribution in [0, 0.1) is 11.3 Å². The SMILES string of the molecule is COc1cc(C2NC(N3C=CC(c4cccc(C#N)c4)O3)C[C@@]2(C)N2CC=NN2)ccn1. The number of rotatable bonds is 5. The van der Waals surface area contributed by atoms with Crippen molar-refractivity contribution in [2.75, 3.05) is 13.7 Å². The predicted molar refractivity (Wildman–Crippen MR) is 118 cm³/mol. The van der Waals surface area contributed by atoms with E-state index in [0.29, 0.717) is 18.0 Å². The van der Waals surface area contributed by atoms with E-state index in [1.54, 1.807) is 19.4 Å². The summed E-state index contributed by atoms with van der Waals surface area (Å²) in [6, 6.07) is 13.7. The van der Waals surface area contributed by atoms with Gasteiger partial charge in [-0.3, -0.25) is 10.2 Å². The van der Waals surface area contributed by atoms with Gasteiger partial charge in [0.2, 0.25) is 5.88 Å². The first-order valence-electron chi connectivity index (χ1n) is 10.5. The monoisotopic (exact) mass is 431 g/mol. The van der Waals surface area contributed by atoms with Gasteiger partial charge in [-0.2, -0.15) is 15.4 Å². The number of benzene rings is 1. The molecule has 0 spiro atoms. The number of methoxy groups -OCH3 is 1. The number of nitriles is 1. The van der Waals surface area contributed by atoms with Crippen LogP contribution in [0.4, 0.5) is 0 Å². The zero-order valence-electron chi connectivity index (χ0n) is 18.0. The molecule has 9 nitrogen and oxygen atoms in total. The highest BCUT2D eigenvalue weighted by molar-refractivity contribution is 5.61. The number of hydroxylamine groups is 2. The van der Waals surface area contributed by atoms with Crippen LogP contribution < -0.4 is 15.6 Å². The van der Waals surface area contributed by atoms with E-state index >= 15 is 0 Å². The molecule has 2 aromatic rings. The lowest BCUT2D eigenvalue weighted by atomic mass is 9.87. The molecule has 0 bridgehead atoms. The van der Waals surface area contributed by atoms with Crippen LogP contribution >= 0.6 is 0 Å². The summed E-state index contributed by atoms with van der Waals surface area (Å²) in [4.78, 5) is 10.5. The van der Waals surface area contributed by atoms with Crippen molar-refractivity contribution in [3.8, 4) is 11.9 Å². The number of hydrogen-bond donors (Lipinski definition) is 2. The van der Waals surface area contributed by atoms with E-state index in [1.165, 1.54) is 0 Å². The molecule has 3 aliphatic rings. The van der Waals surface area contributed by atoms with Crippen LogP contribution in [-0.4, -0.2) is 46.6 Å². The first kappa shape index (κ1) is 20.5. The molecule has 1 saturated heterocycles. The molecule has 3 aliphatic heterocycles. The van der Waals surface area contributed by atoms with Crippen molar-refractivity contribution in [1.82, 2.24) is 25.9 Å². The normalized spacial score (nSPS) is 29.3. The lowest BCUT2D eigenvalue weighted by molar-refractivity contribution is -0.163. The quantitative estimate of drug-likeness (QED) is 0.745. The molecule has 164 valence electrons. The number of hydrazine groups is 1. The molecule has 1 aromatic carbocycles. The third-order valence-corrected chi connectivity index (χ3v) is 6.33. The average molecular weight is 432 g/mol. The highest BCUT2D eigenvalue weighted by Gasteiger charge is 2.51. The van der Waals surface area contributed by atoms with Crippen LogP contribution in [0.5, 0.6) is 5.88 Å². The highest BCUT2D eigenvalue weighted by atomic mass is 16.7. The maximum atomic E-state index is 9.20. The van der Waals surface area contributed by atoms with Gasteiger partial charge in [-0.25, -0.2) is 15.6 Å². The van der Waals surface area contributed by atoms with E-state index < -0.39 is 0 Å². The van der Waals surface area contributed by atoms with Gasteiger partial charge in [-0.05, 0) is 42.3 Å². The molecule has 0 aliphatic carbocycles. The van der Waals surface area contributed by atoms with Gasteiger partial charge < -0.3 is 4.74 Å². The van der Waals surface area contributed by atoms with Gasteiger partial charge in [0, 0.05) is 31.1 Å². The minimum Gasteiger partial charge on any atom is -0.481 e. The molecular weight excluding hydrogens is 406 g/mol. The summed E-state index contributed by atoms with van der Waals surface area (Å²) in [6.45, 7) is 2.93. The molecule has 2 N–H and O–H groups in total. The maximum absolute atomic E-state index is 9.20. The first-order valence-corrected chi connectivity index (χ1v) is 10.5. The first-order chi connectivity index (χ1) is 15.6. The summed E-state index contributed by atoms with van der Waals surface area (Å²) < 4.78 is 5.35. The number of hydrogen-bond acceptors (Lipinski definition) is 9. The van der Waals surface area contributed by atoms with Crippen LogP contribution in [-0.2, 0) is 4.84 Å². The molecule has 5 rings (SSSR count). The predicted octanol–water partition coefficient (Wildman–Crippen LogP) is 2.39. The topological polar surface area (TPSA) is 98.0 Å². The van der Waals surface area contributed by atoms with Gasteiger partial charge in [0.05, 0.1) is 36.9 Å². The maximum Gasteiger partial charge on any atom is 0.213 e. The Morgan fingerprint density at radius 3 is 2.97 bits per heavy atom. The molecule has 0 amide bonds. The number of nitrogens with one attached hydrogen (secondary N) is 2. The van der Waals surface area contributed by atoms with E-state index in [2.05, 4.69) is 38.9 Å². The number of ether oxygens (including phenoxy) is 1. The van der Waals surface area contributed by atoms with Crippen molar-refractivity contribution in [2.24, 2.45) is 5.10 Å². The second-order valence-corrected chi connectivity index (χ2v) is 8.30. The Balaban J connectivity index is 1.38. The van der Waals surface area contributed by atoms with Gasteiger partial charge in [-0.1, -0.05) is 12.1 Å². The third-order valence-electron chi connectivity index (χ3n) is 6.33. The van der Waals surface area contributed by atoms with Crippen LogP contribution in [0.2, 0.25) is 0 Å². The number of aromatic nitrogens is 1. The molecule has 4 heterocycles. The third kappa shape index (κ3) is 3.58. The summed E-state index contributed by atoms with van der Waals surface area (Å²) in [6.07, 6.45) is 8.10. The fraction of sp³-hybridized carbons (Fsp3) is 0.348. The number of nitrogens with zero attached hydrogens (tertiary/aromatic N) is 5. The highest BCUT2D eigenvalue weighted by Crippen LogP contribution is 2.43. The van der Waals surface area contributed by atoms with Crippen LogP contribution in [0.25, 0.3) is 0 Å². The molecule has 1 aromatic heterocycles. The van der Waals surface area contributed by atoms with Crippen LogP contribution in [0.15, 0.2) is 60.0 Å². The van der Waals surface area contributed by atoms with E-state index in [9.17, 15) is 5.26 Å².